The molecule has 3 aromatic carbocycles. The summed E-state index contributed by atoms with van der Waals surface area (Å²) in [5, 5.41) is 10.2. The van der Waals surface area contributed by atoms with Crippen LogP contribution in [0.1, 0.15) is 35.2 Å². The zero-order chi connectivity index (χ0) is 26.9. The topological polar surface area (TPSA) is 101 Å². The first-order valence-electron chi connectivity index (χ1n) is 12.7. The van der Waals surface area contributed by atoms with Crippen molar-refractivity contribution in [1.82, 2.24) is 19.5 Å². The first-order valence-corrected chi connectivity index (χ1v) is 13.1. The molecule has 8 nitrogen and oxygen atoms in total. The normalized spacial score (nSPS) is 12.9. The molecule has 3 heterocycles. The number of rotatable bonds is 7. The van der Waals surface area contributed by atoms with Gasteiger partial charge in [0.1, 0.15) is 0 Å². The SMILES string of the molecule is O=C(O)CCC(=O)c1cn(-c2nc(-c3ccccc3)nc(N3CCCc4ccccc43)n2)c2ccc(Cl)cc12. The average molecular weight is 538 g/mol. The molecule has 0 amide bonds. The van der Waals surface area contributed by atoms with E-state index in [0.717, 1.165) is 30.6 Å². The number of halogens is 1. The molecule has 0 spiro atoms. The van der Waals surface area contributed by atoms with Crippen molar-refractivity contribution in [2.45, 2.75) is 25.7 Å². The number of anilines is 2. The number of hydrogen-bond acceptors (Lipinski definition) is 6. The molecule has 2 aromatic heterocycles. The number of fused-ring (bicyclic) bond motifs is 2. The van der Waals surface area contributed by atoms with E-state index in [0.29, 0.717) is 39.2 Å². The largest absolute Gasteiger partial charge is 0.481 e. The van der Waals surface area contributed by atoms with Crippen LogP contribution in [0.5, 0.6) is 0 Å². The summed E-state index contributed by atoms with van der Waals surface area (Å²) in [6.45, 7) is 0.760. The summed E-state index contributed by atoms with van der Waals surface area (Å²) in [5.41, 5.74) is 4.20. The van der Waals surface area contributed by atoms with Crippen molar-refractivity contribution in [3.05, 3.63) is 95.1 Å². The lowest BCUT2D eigenvalue weighted by molar-refractivity contribution is -0.136. The number of Topliss-reactive ketones (excluding diaryl/α,β-unsaturated/α-hetero) is 1. The number of aliphatic carboxylic acids is 1. The van der Waals surface area contributed by atoms with E-state index in [2.05, 4.69) is 17.0 Å². The number of carbonyl (C=O) groups is 2. The molecule has 1 aliphatic rings. The average Bonchev–Trinajstić information content (AvgIpc) is 3.34. The molecular weight excluding hydrogens is 514 g/mol. The summed E-state index contributed by atoms with van der Waals surface area (Å²) in [6.07, 6.45) is 3.24. The zero-order valence-electron chi connectivity index (χ0n) is 20.9. The summed E-state index contributed by atoms with van der Waals surface area (Å²) in [7, 11) is 0. The Labute approximate surface area is 229 Å². The summed E-state index contributed by atoms with van der Waals surface area (Å²) in [6, 6.07) is 23.2. The highest BCUT2D eigenvalue weighted by Crippen LogP contribution is 2.34. The van der Waals surface area contributed by atoms with Gasteiger partial charge in [-0.1, -0.05) is 60.1 Å². The standard InChI is InChI=1S/C30H24ClN5O3/c31-21-12-13-25-22(17-21)23(26(37)14-15-27(38)39)18-36(25)30-33-28(20-8-2-1-3-9-20)32-29(34-30)35-16-6-10-19-7-4-5-11-24(19)35/h1-5,7-9,11-13,17-18H,6,10,14-16H2,(H,38,39). The molecule has 39 heavy (non-hydrogen) atoms. The van der Waals surface area contributed by atoms with Crippen molar-refractivity contribution >= 4 is 45.9 Å². The number of carboxylic acids is 1. The minimum Gasteiger partial charge on any atom is -0.481 e. The van der Waals surface area contributed by atoms with Crippen molar-refractivity contribution in [2.24, 2.45) is 0 Å². The Kier molecular flexibility index (Phi) is 6.54. The minimum atomic E-state index is -1.03. The van der Waals surface area contributed by atoms with E-state index in [1.165, 1.54) is 5.56 Å². The molecule has 5 aromatic rings. The maximum absolute atomic E-state index is 13.1. The third kappa shape index (κ3) is 4.86. The first-order chi connectivity index (χ1) is 19.0. The molecule has 0 unspecified atom stereocenters. The number of carbonyl (C=O) groups excluding carboxylic acids is 1. The molecule has 9 heteroatoms. The van der Waals surface area contributed by atoms with Gasteiger partial charge in [-0.05, 0) is 42.7 Å². The van der Waals surface area contributed by atoms with Gasteiger partial charge in [0.05, 0.1) is 11.9 Å². The Hall–Kier alpha value is -4.56. The number of ketones is 1. The van der Waals surface area contributed by atoms with Gasteiger partial charge >= 0.3 is 5.97 Å². The van der Waals surface area contributed by atoms with E-state index in [9.17, 15) is 9.59 Å². The van der Waals surface area contributed by atoms with Crippen LogP contribution in [-0.2, 0) is 11.2 Å². The van der Waals surface area contributed by atoms with Crippen molar-refractivity contribution in [2.75, 3.05) is 11.4 Å². The van der Waals surface area contributed by atoms with E-state index in [1.807, 2.05) is 48.5 Å². The molecule has 6 rings (SSSR count). The lowest BCUT2D eigenvalue weighted by Crippen LogP contribution is -2.27. The maximum Gasteiger partial charge on any atom is 0.303 e. The minimum absolute atomic E-state index is 0.122. The van der Waals surface area contributed by atoms with Crippen molar-refractivity contribution < 1.29 is 14.7 Å². The fraction of sp³-hybridized carbons (Fsp3) is 0.167. The Morgan fingerprint density at radius 2 is 1.67 bits per heavy atom. The van der Waals surface area contributed by atoms with Gasteiger partial charge in [-0.2, -0.15) is 15.0 Å². The van der Waals surface area contributed by atoms with Gasteiger partial charge < -0.3 is 10.0 Å². The number of para-hydroxylation sites is 1. The second-order valence-electron chi connectivity index (χ2n) is 9.40. The maximum atomic E-state index is 13.1. The van der Waals surface area contributed by atoms with Crippen LogP contribution in [0.15, 0.2) is 79.0 Å². The molecule has 1 N–H and O–H groups in total. The Balaban J connectivity index is 1.54. The van der Waals surface area contributed by atoms with Gasteiger partial charge in [0.25, 0.3) is 0 Å². The van der Waals surface area contributed by atoms with E-state index >= 15 is 0 Å². The molecular formula is C30H24ClN5O3. The highest BCUT2D eigenvalue weighted by molar-refractivity contribution is 6.31. The van der Waals surface area contributed by atoms with Crippen molar-refractivity contribution in [3.8, 4) is 17.3 Å². The van der Waals surface area contributed by atoms with Crippen molar-refractivity contribution in [3.63, 3.8) is 0 Å². The van der Waals surface area contributed by atoms with E-state index in [1.54, 1.807) is 22.9 Å². The highest BCUT2D eigenvalue weighted by atomic mass is 35.5. The van der Waals surface area contributed by atoms with E-state index in [4.69, 9.17) is 31.7 Å². The Bertz CT molecular complexity index is 1720. The second-order valence-corrected chi connectivity index (χ2v) is 9.84. The van der Waals surface area contributed by atoms with Crippen LogP contribution in [0, 0.1) is 0 Å². The molecule has 1 aliphatic heterocycles. The molecule has 0 saturated heterocycles. The van der Waals surface area contributed by atoms with Gasteiger partial charge in [0.2, 0.25) is 11.9 Å². The fourth-order valence-electron chi connectivity index (χ4n) is 4.99. The molecule has 0 aliphatic carbocycles. The number of nitrogens with zero attached hydrogens (tertiary/aromatic N) is 5. The molecule has 0 fully saturated rings. The van der Waals surface area contributed by atoms with Crippen LogP contribution in [0.3, 0.4) is 0 Å². The first kappa shape index (κ1) is 24.8. The smallest absolute Gasteiger partial charge is 0.303 e. The summed E-state index contributed by atoms with van der Waals surface area (Å²) < 4.78 is 1.76. The van der Waals surface area contributed by atoms with Crippen molar-refractivity contribution in [1.29, 1.82) is 0 Å². The predicted octanol–water partition coefficient (Wildman–Crippen LogP) is 6.27. The van der Waals surface area contributed by atoms with Gasteiger partial charge in [-0.15, -0.1) is 0 Å². The van der Waals surface area contributed by atoms with Crippen LogP contribution in [0.2, 0.25) is 5.02 Å². The van der Waals surface area contributed by atoms with Gasteiger partial charge in [-0.25, -0.2) is 0 Å². The summed E-state index contributed by atoms with van der Waals surface area (Å²) in [4.78, 5) is 40.9. The zero-order valence-corrected chi connectivity index (χ0v) is 21.7. The van der Waals surface area contributed by atoms with Gasteiger partial charge in [0.15, 0.2) is 11.6 Å². The lowest BCUT2D eigenvalue weighted by Gasteiger charge is -2.29. The van der Waals surface area contributed by atoms with Crippen LogP contribution in [0.4, 0.5) is 11.6 Å². The van der Waals surface area contributed by atoms with Crippen LogP contribution in [-0.4, -0.2) is 42.9 Å². The van der Waals surface area contributed by atoms with Crippen LogP contribution < -0.4 is 4.90 Å². The lowest BCUT2D eigenvalue weighted by atomic mass is 10.0. The number of aryl methyl sites for hydroxylation is 1. The Morgan fingerprint density at radius 3 is 2.49 bits per heavy atom. The van der Waals surface area contributed by atoms with Gasteiger partial charge in [0, 0.05) is 46.4 Å². The fourth-order valence-corrected chi connectivity index (χ4v) is 5.16. The highest BCUT2D eigenvalue weighted by Gasteiger charge is 2.24. The monoisotopic (exact) mass is 537 g/mol. The molecule has 0 atom stereocenters. The van der Waals surface area contributed by atoms with Crippen LogP contribution in [0.25, 0.3) is 28.2 Å². The second kappa shape index (κ2) is 10.3. The summed E-state index contributed by atoms with van der Waals surface area (Å²) in [5.74, 6) is 0.0628. The number of hydrogen-bond donors (Lipinski definition) is 1. The van der Waals surface area contributed by atoms with E-state index in [-0.39, 0.29) is 18.6 Å². The predicted molar refractivity (Wildman–Crippen MR) is 150 cm³/mol. The van der Waals surface area contributed by atoms with Gasteiger partial charge in [-0.3, -0.25) is 14.2 Å². The number of carboxylic acid groups (broad SMARTS) is 1. The molecule has 0 bridgehead atoms. The number of benzene rings is 3. The number of aromatic nitrogens is 4. The third-order valence-corrected chi connectivity index (χ3v) is 7.08. The summed E-state index contributed by atoms with van der Waals surface area (Å²) >= 11 is 6.30. The van der Waals surface area contributed by atoms with Crippen LogP contribution >= 0.6 is 11.6 Å². The molecule has 0 saturated carbocycles. The molecule has 0 radical (unpaired) electrons. The Morgan fingerprint density at radius 1 is 0.897 bits per heavy atom. The molecule has 194 valence electrons. The van der Waals surface area contributed by atoms with E-state index < -0.39 is 5.97 Å². The quantitative estimate of drug-likeness (QED) is 0.244. The third-order valence-electron chi connectivity index (χ3n) is 6.84.